The Bertz CT molecular complexity index is 720. The Morgan fingerprint density at radius 2 is 2.00 bits per heavy atom. The van der Waals surface area contributed by atoms with Gasteiger partial charge in [0.2, 0.25) is 0 Å². The fourth-order valence-corrected chi connectivity index (χ4v) is 3.15. The molecule has 0 aliphatic rings. The number of halogens is 3. The summed E-state index contributed by atoms with van der Waals surface area (Å²) >= 11 is 8.71. The number of carbonyl (C=O) groups excluding carboxylic acids is 1. The van der Waals surface area contributed by atoms with Gasteiger partial charge in [0.1, 0.15) is 5.75 Å². The van der Waals surface area contributed by atoms with E-state index in [-0.39, 0.29) is 11.7 Å². The lowest BCUT2D eigenvalue weighted by molar-refractivity contribution is 0.0955. The topological polar surface area (TPSA) is 61.7 Å². The number of nitrogens with zero attached hydrogens (tertiary/aromatic N) is 1. The van der Waals surface area contributed by atoms with Crippen LogP contribution >= 0.6 is 54.5 Å². The van der Waals surface area contributed by atoms with Gasteiger partial charge in [0, 0.05) is 19.2 Å². The first-order valence-electron chi connectivity index (χ1n) is 5.74. The Hall–Kier alpha value is -0.930. The molecule has 0 aliphatic heterocycles. The van der Waals surface area contributed by atoms with E-state index >= 15 is 0 Å². The van der Waals surface area contributed by atoms with Gasteiger partial charge >= 0.3 is 0 Å². The summed E-state index contributed by atoms with van der Waals surface area (Å²) in [5.41, 5.74) is 3.64. The number of nitrogens with one attached hydrogen (secondary N) is 1. The number of hydrogen-bond donors (Lipinski definition) is 2. The van der Waals surface area contributed by atoms with Gasteiger partial charge in [0.15, 0.2) is 0 Å². The molecule has 0 radical (unpaired) electrons. The molecule has 2 aromatic carbocycles. The van der Waals surface area contributed by atoms with Gasteiger partial charge in [0.25, 0.3) is 5.91 Å². The van der Waals surface area contributed by atoms with Crippen molar-refractivity contribution in [1.82, 2.24) is 5.43 Å². The zero-order valence-electron chi connectivity index (χ0n) is 10.5. The molecule has 0 heterocycles. The highest BCUT2D eigenvalue weighted by Crippen LogP contribution is 2.29. The van der Waals surface area contributed by atoms with Crippen LogP contribution in [0, 0.1) is 3.57 Å². The van der Waals surface area contributed by atoms with Crippen molar-refractivity contribution in [2.24, 2.45) is 5.10 Å². The summed E-state index contributed by atoms with van der Waals surface area (Å²) in [5, 5.41) is 13.5. The summed E-state index contributed by atoms with van der Waals surface area (Å²) in [6, 6.07) is 10.4. The molecule has 0 fully saturated rings. The van der Waals surface area contributed by atoms with Crippen LogP contribution in [0.25, 0.3) is 0 Å². The Morgan fingerprint density at radius 3 is 2.71 bits per heavy atom. The first-order chi connectivity index (χ1) is 9.97. The third kappa shape index (κ3) is 4.52. The second kappa shape index (κ2) is 7.37. The molecule has 0 saturated carbocycles. The van der Waals surface area contributed by atoms with Gasteiger partial charge in [-0.05, 0) is 68.9 Å². The molecule has 0 spiro atoms. The van der Waals surface area contributed by atoms with E-state index in [2.05, 4.69) is 65.0 Å². The van der Waals surface area contributed by atoms with Gasteiger partial charge in [-0.25, -0.2) is 5.43 Å². The van der Waals surface area contributed by atoms with Gasteiger partial charge in [-0.1, -0.05) is 22.0 Å². The number of rotatable bonds is 3. The molecule has 0 unspecified atom stereocenters. The zero-order chi connectivity index (χ0) is 15.4. The van der Waals surface area contributed by atoms with Crippen molar-refractivity contribution >= 4 is 66.6 Å². The van der Waals surface area contributed by atoms with Crippen LogP contribution < -0.4 is 5.43 Å². The summed E-state index contributed by atoms with van der Waals surface area (Å²) in [7, 11) is 0. The average molecular weight is 524 g/mol. The highest BCUT2D eigenvalue weighted by Gasteiger charge is 2.06. The number of phenolic OH excluding ortho intramolecular Hbond substituents is 1. The van der Waals surface area contributed by atoms with Gasteiger partial charge in [-0.2, -0.15) is 5.10 Å². The molecule has 2 N–H and O–H groups in total. The van der Waals surface area contributed by atoms with E-state index in [1.807, 2.05) is 12.1 Å². The number of amides is 1. The molecule has 7 heteroatoms. The fourth-order valence-electron chi connectivity index (χ4n) is 1.51. The van der Waals surface area contributed by atoms with E-state index in [4.69, 9.17) is 0 Å². The first-order valence-corrected chi connectivity index (χ1v) is 8.41. The zero-order valence-corrected chi connectivity index (χ0v) is 15.8. The molecule has 2 aromatic rings. The van der Waals surface area contributed by atoms with Crippen LogP contribution in [0.5, 0.6) is 5.75 Å². The van der Waals surface area contributed by atoms with E-state index in [0.29, 0.717) is 15.6 Å². The highest BCUT2D eigenvalue weighted by atomic mass is 127. The molecule has 0 atom stereocenters. The maximum atomic E-state index is 11.9. The Morgan fingerprint density at radius 1 is 1.24 bits per heavy atom. The van der Waals surface area contributed by atoms with Crippen molar-refractivity contribution in [2.75, 3.05) is 0 Å². The van der Waals surface area contributed by atoms with E-state index in [9.17, 15) is 9.90 Å². The lowest BCUT2D eigenvalue weighted by Crippen LogP contribution is -2.17. The molecule has 108 valence electrons. The van der Waals surface area contributed by atoms with Gasteiger partial charge in [-0.3, -0.25) is 4.79 Å². The van der Waals surface area contributed by atoms with Crippen LogP contribution in [0.2, 0.25) is 0 Å². The second-order valence-electron chi connectivity index (χ2n) is 4.03. The van der Waals surface area contributed by atoms with Crippen molar-refractivity contribution in [2.45, 2.75) is 0 Å². The van der Waals surface area contributed by atoms with Crippen LogP contribution in [-0.2, 0) is 0 Å². The monoisotopic (exact) mass is 522 g/mol. The molecule has 2 rings (SSSR count). The first kappa shape index (κ1) is 16.4. The van der Waals surface area contributed by atoms with Gasteiger partial charge < -0.3 is 5.11 Å². The maximum absolute atomic E-state index is 11.9. The summed E-state index contributed by atoms with van der Waals surface area (Å²) in [6.45, 7) is 0. The minimum absolute atomic E-state index is 0.101. The number of phenols is 1. The summed E-state index contributed by atoms with van der Waals surface area (Å²) < 4.78 is 2.30. The predicted molar refractivity (Wildman–Crippen MR) is 97.7 cm³/mol. The number of benzene rings is 2. The minimum atomic E-state index is -0.290. The number of carbonyl (C=O) groups is 1. The third-order valence-corrected chi connectivity index (χ3v) is 4.52. The molecule has 4 nitrogen and oxygen atoms in total. The Balaban J connectivity index is 2.09. The summed E-state index contributed by atoms with van der Waals surface area (Å²) in [5.74, 6) is -0.189. The predicted octanol–water partition coefficient (Wildman–Crippen LogP) is 4.29. The summed E-state index contributed by atoms with van der Waals surface area (Å²) in [6.07, 6.45) is 1.46. The normalized spacial score (nSPS) is 10.8. The fraction of sp³-hybridized carbons (Fsp3) is 0. The minimum Gasteiger partial charge on any atom is -0.507 e. The largest absolute Gasteiger partial charge is 0.507 e. The van der Waals surface area contributed by atoms with E-state index < -0.39 is 0 Å². The average Bonchev–Trinajstić information content (AvgIpc) is 2.44. The molecule has 0 aromatic heterocycles. The highest BCUT2D eigenvalue weighted by molar-refractivity contribution is 14.1. The van der Waals surface area contributed by atoms with Crippen molar-refractivity contribution in [3.63, 3.8) is 0 Å². The van der Waals surface area contributed by atoms with Crippen molar-refractivity contribution in [3.05, 3.63) is 60.0 Å². The SMILES string of the molecule is O=C(N/N=C\c1cc(O)c(Br)cc1Br)c1cccc(I)c1. The molecular formula is C14H9Br2IN2O2. The van der Waals surface area contributed by atoms with E-state index in [1.165, 1.54) is 12.3 Å². The van der Waals surface area contributed by atoms with Gasteiger partial charge in [0.05, 0.1) is 10.7 Å². The third-order valence-electron chi connectivity index (χ3n) is 2.52. The quantitative estimate of drug-likeness (QED) is 0.358. The van der Waals surface area contributed by atoms with Crippen molar-refractivity contribution in [1.29, 1.82) is 0 Å². The van der Waals surface area contributed by atoms with Crippen LogP contribution in [0.4, 0.5) is 0 Å². The number of aromatic hydroxyl groups is 1. The van der Waals surface area contributed by atoms with Crippen molar-refractivity contribution in [3.8, 4) is 5.75 Å². The molecule has 0 bridgehead atoms. The lowest BCUT2D eigenvalue weighted by atomic mass is 10.2. The van der Waals surface area contributed by atoms with Crippen LogP contribution in [-0.4, -0.2) is 17.2 Å². The molecule has 0 saturated heterocycles. The number of hydrogen-bond acceptors (Lipinski definition) is 3. The second-order valence-corrected chi connectivity index (χ2v) is 6.99. The molecule has 1 amide bonds. The molecule has 21 heavy (non-hydrogen) atoms. The number of hydrazone groups is 1. The Labute approximate surface area is 152 Å². The smallest absolute Gasteiger partial charge is 0.271 e. The standard InChI is InChI=1S/C14H9Br2IN2O2/c15-11-6-12(16)13(20)5-9(11)7-18-19-14(21)8-2-1-3-10(17)4-8/h1-7,20H,(H,19,21)/b18-7-. The lowest BCUT2D eigenvalue weighted by Gasteiger charge is -2.03. The molecular weight excluding hydrogens is 515 g/mol. The summed E-state index contributed by atoms with van der Waals surface area (Å²) in [4.78, 5) is 11.9. The maximum Gasteiger partial charge on any atom is 0.271 e. The van der Waals surface area contributed by atoms with Crippen LogP contribution in [0.1, 0.15) is 15.9 Å². The van der Waals surface area contributed by atoms with Crippen LogP contribution in [0.3, 0.4) is 0 Å². The van der Waals surface area contributed by atoms with Crippen molar-refractivity contribution < 1.29 is 9.90 Å². The van der Waals surface area contributed by atoms with E-state index in [0.717, 1.165) is 8.04 Å². The van der Waals surface area contributed by atoms with Gasteiger partial charge in [-0.15, -0.1) is 0 Å². The van der Waals surface area contributed by atoms with Crippen LogP contribution in [0.15, 0.2) is 50.4 Å². The molecule has 0 aliphatic carbocycles. The Kier molecular flexibility index (Phi) is 5.77. The van der Waals surface area contributed by atoms with E-state index in [1.54, 1.807) is 18.2 Å².